The lowest BCUT2D eigenvalue weighted by Gasteiger charge is -2.32. The van der Waals surface area contributed by atoms with Crippen molar-refractivity contribution in [3.63, 3.8) is 0 Å². The van der Waals surface area contributed by atoms with Crippen molar-refractivity contribution in [2.24, 2.45) is 11.0 Å². The molecule has 0 saturated carbocycles. The van der Waals surface area contributed by atoms with E-state index < -0.39 is 6.09 Å². The van der Waals surface area contributed by atoms with Crippen LogP contribution in [0.25, 0.3) is 10.4 Å². The monoisotopic (exact) mass is 319 g/mol. The molecule has 1 N–H and O–H groups in total. The van der Waals surface area contributed by atoms with E-state index in [1.54, 1.807) is 15.8 Å². The molecule has 1 unspecified atom stereocenters. The average Bonchev–Trinajstić information content (AvgIpc) is 3.06. The molecular formula is C13H17N7O3. The number of fused-ring (bicyclic) bond motifs is 1. The number of carbonyl (C=O) groups is 2. The fourth-order valence-electron chi connectivity index (χ4n) is 3.16. The molecule has 0 aromatic carbocycles. The quantitative estimate of drug-likeness (QED) is 0.513. The normalized spacial score (nSPS) is 23.6. The zero-order valence-electron chi connectivity index (χ0n) is 12.7. The molecule has 10 heteroatoms. The maximum absolute atomic E-state index is 12.2. The molecule has 1 aromatic rings. The number of rotatable bonds is 3. The third-order valence-electron chi connectivity index (χ3n) is 4.36. The first-order chi connectivity index (χ1) is 11.0. The maximum atomic E-state index is 12.2. The van der Waals surface area contributed by atoms with Gasteiger partial charge >= 0.3 is 6.09 Å². The van der Waals surface area contributed by atoms with Crippen LogP contribution in [0.2, 0.25) is 0 Å². The van der Waals surface area contributed by atoms with Crippen LogP contribution in [-0.4, -0.2) is 50.9 Å². The molecule has 10 nitrogen and oxygen atoms in total. The molecule has 2 amide bonds. The van der Waals surface area contributed by atoms with Crippen LogP contribution in [0.3, 0.4) is 0 Å². The van der Waals surface area contributed by atoms with Gasteiger partial charge in [-0.25, -0.2) is 4.79 Å². The summed E-state index contributed by atoms with van der Waals surface area (Å²) in [7, 11) is 0. The SMILES string of the molecule is C[C@H]1Cn2ncc(N3CC(CN=[N+]=[N-])CC3=O)c2CN1C(=O)O. The van der Waals surface area contributed by atoms with E-state index in [1.165, 1.54) is 4.90 Å². The summed E-state index contributed by atoms with van der Waals surface area (Å²) < 4.78 is 1.76. The summed E-state index contributed by atoms with van der Waals surface area (Å²) in [5.74, 6) is -0.0773. The predicted octanol–water partition coefficient (Wildman–Crippen LogP) is 1.43. The number of hydrogen-bond acceptors (Lipinski definition) is 4. The van der Waals surface area contributed by atoms with Crippen LogP contribution in [0.1, 0.15) is 19.0 Å². The Labute approximate surface area is 131 Å². The molecule has 0 aliphatic carbocycles. The minimum absolute atomic E-state index is 0.0213. The van der Waals surface area contributed by atoms with E-state index in [0.29, 0.717) is 25.2 Å². The number of anilines is 1. The van der Waals surface area contributed by atoms with Crippen LogP contribution in [-0.2, 0) is 17.9 Å². The Kier molecular flexibility index (Phi) is 3.83. The number of amides is 2. The molecule has 3 heterocycles. The Morgan fingerprint density at radius 1 is 1.57 bits per heavy atom. The second-order valence-electron chi connectivity index (χ2n) is 5.91. The van der Waals surface area contributed by atoms with Crippen LogP contribution in [0.5, 0.6) is 0 Å². The lowest BCUT2D eigenvalue weighted by atomic mass is 10.1. The number of azide groups is 1. The number of carboxylic acid groups (broad SMARTS) is 1. The Balaban J connectivity index is 1.84. The lowest BCUT2D eigenvalue weighted by molar-refractivity contribution is -0.117. The maximum Gasteiger partial charge on any atom is 0.407 e. The van der Waals surface area contributed by atoms with Gasteiger partial charge in [-0.3, -0.25) is 14.4 Å². The van der Waals surface area contributed by atoms with Crippen molar-refractivity contribution in [3.8, 4) is 0 Å². The van der Waals surface area contributed by atoms with E-state index in [4.69, 9.17) is 5.53 Å². The molecule has 0 bridgehead atoms. The summed E-state index contributed by atoms with van der Waals surface area (Å²) >= 11 is 0. The van der Waals surface area contributed by atoms with E-state index in [9.17, 15) is 14.7 Å². The van der Waals surface area contributed by atoms with Crippen LogP contribution >= 0.6 is 0 Å². The molecule has 1 aromatic heterocycles. The number of nitrogens with zero attached hydrogens (tertiary/aromatic N) is 7. The van der Waals surface area contributed by atoms with Crippen molar-refractivity contribution >= 4 is 17.7 Å². The second kappa shape index (κ2) is 5.81. The third-order valence-corrected chi connectivity index (χ3v) is 4.36. The second-order valence-corrected chi connectivity index (χ2v) is 5.91. The minimum atomic E-state index is -0.982. The van der Waals surface area contributed by atoms with Gasteiger partial charge in [0.1, 0.15) is 0 Å². The number of aromatic nitrogens is 2. The first-order valence-corrected chi connectivity index (χ1v) is 7.36. The van der Waals surface area contributed by atoms with Crippen molar-refractivity contribution in [3.05, 3.63) is 22.3 Å². The highest BCUT2D eigenvalue weighted by Crippen LogP contribution is 2.31. The zero-order chi connectivity index (χ0) is 16.6. The van der Waals surface area contributed by atoms with Crippen molar-refractivity contribution in [1.29, 1.82) is 0 Å². The molecule has 1 fully saturated rings. The van der Waals surface area contributed by atoms with Gasteiger partial charge in [0.05, 0.1) is 36.7 Å². The number of hydrogen-bond donors (Lipinski definition) is 1. The van der Waals surface area contributed by atoms with Gasteiger partial charge in [-0.15, -0.1) is 0 Å². The van der Waals surface area contributed by atoms with Gasteiger partial charge in [-0.2, -0.15) is 5.10 Å². The Bertz CT molecular complexity index is 694. The molecule has 0 spiro atoms. The van der Waals surface area contributed by atoms with E-state index >= 15 is 0 Å². The fourth-order valence-corrected chi connectivity index (χ4v) is 3.16. The molecule has 23 heavy (non-hydrogen) atoms. The smallest absolute Gasteiger partial charge is 0.407 e. The zero-order valence-corrected chi connectivity index (χ0v) is 12.7. The summed E-state index contributed by atoms with van der Waals surface area (Å²) in [4.78, 5) is 29.3. The average molecular weight is 319 g/mol. The van der Waals surface area contributed by atoms with Crippen LogP contribution in [0.15, 0.2) is 11.3 Å². The molecular weight excluding hydrogens is 302 g/mol. The van der Waals surface area contributed by atoms with E-state index in [2.05, 4.69) is 15.1 Å². The van der Waals surface area contributed by atoms with Crippen molar-refractivity contribution in [2.75, 3.05) is 18.0 Å². The highest BCUT2D eigenvalue weighted by Gasteiger charge is 2.36. The molecule has 2 atom stereocenters. The predicted molar refractivity (Wildman–Crippen MR) is 79.7 cm³/mol. The highest BCUT2D eigenvalue weighted by atomic mass is 16.4. The van der Waals surface area contributed by atoms with E-state index in [1.807, 2.05) is 6.92 Å². The number of carbonyl (C=O) groups excluding carboxylic acids is 1. The molecule has 1 saturated heterocycles. The van der Waals surface area contributed by atoms with Crippen LogP contribution in [0, 0.1) is 5.92 Å². The van der Waals surface area contributed by atoms with Crippen molar-refractivity contribution < 1.29 is 14.7 Å². The summed E-state index contributed by atoms with van der Waals surface area (Å²) in [6.45, 7) is 3.23. The van der Waals surface area contributed by atoms with Gasteiger partial charge in [0.2, 0.25) is 5.91 Å². The Hall–Kier alpha value is -2.74. The first kappa shape index (κ1) is 15.2. The minimum Gasteiger partial charge on any atom is -0.465 e. The Morgan fingerprint density at radius 3 is 3.04 bits per heavy atom. The molecule has 2 aliphatic heterocycles. The third kappa shape index (κ3) is 2.68. The van der Waals surface area contributed by atoms with E-state index in [-0.39, 0.29) is 31.0 Å². The molecule has 3 rings (SSSR count). The van der Waals surface area contributed by atoms with Crippen molar-refractivity contribution in [2.45, 2.75) is 32.5 Å². The van der Waals surface area contributed by atoms with Gasteiger partial charge in [-0.1, -0.05) is 5.11 Å². The fraction of sp³-hybridized carbons (Fsp3) is 0.615. The molecule has 0 radical (unpaired) electrons. The topological polar surface area (TPSA) is 127 Å². The van der Waals surface area contributed by atoms with Gasteiger partial charge in [0, 0.05) is 24.4 Å². The van der Waals surface area contributed by atoms with Gasteiger partial charge in [-0.05, 0) is 18.4 Å². The van der Waals surface area contributed by atoms with Gasteiger partial charge < -0.3 is 10.0 Å². The summed E-state index contributed by atoms with van der Waals surface area (Å²) in [5, 5.41) is 17.1. The van der Waals surface area contributed by atoms with Crippen LogP contribution < -0.4 is 4.90 Å². The summed E-state index contributed by atoms with van der Waals surface area (Å²) in [6.07, 6.45) is 0.953. The largest absolute Gasteiger partial charge is 0.465 e. The van der Waals surface area contributed by atoms with Gasteiger partial charge in [0.15, 0.2) is 0 Å². The van der Waals surface area contributed by atoms with Crippen molar-refractivity contribution in [1.82, 2.24) is 14.7 Å². The van der Waals surface area contributed by atoms with Crippen LogP contribution in [0.4, 0.5) is 10.5 Å². The van der Waals surface area contributed by atoms with E-state index in [0.717, 1.165) is 5.69 Å². The standard InChI is InChI=1S/C13H17N7O3/c1-8-5-20-11(7-18(8)13(22)23)10(4-16-20)19-6-9(2-12(19)21)3-15-17-14/h4,8-9H,2-3,5-7H2,1H3,(H,22,23)/t8-,9?/m0/s1. The lowest BCUT2D eigenvalue weighted by Crippen LogP contribution is -2.44. The first-order valence-electron chi connectivity index (χ1n) is 7.36. The summed E-state index contributed by atoms with van der Waals surface area (Å²) in [6, 6.07) is -0.167. The summed E-state index contributed by atoms with van der Waals surface area (Å²) in [5.41, 5.74) is 9.77. The Morgan fingerprint density at radius 2 is 2.35 bits per heavy atom. The molecule has 122 valence electrons. The molecule has 2 aliphatic rings. The van der Waals surface area contributed by atoms with Gasteiger partial charge in [0.25, 0.3) is 0 Å². The highest BCUT2D eigenvalue weighted by molar-refractivity contribution is 5.96.